The number of aromatic nitrogens is 2. The van der Waals surface area contributed by atoms with Crippen LogP contribution in [0.3, 0.4) is 0 Å². The molecular weight excluding hydrogens is 290 g/mol. The van der Waals surface area contributed by atoms with Gasteiger partial charge in [0.2, 0.25) is 5.28 Å². The summed E-state index contributed by atoms with van der Waals surface area (Å²) in [6.07, 6.45) is 0.530. The third kappa shape index (κ3) is 3.36. The third-order valence-corrected chi connectivity index (χ3v) is 3.63. The Kier molecular flexibility index (Phi) is 4.85. The average molecular weight is 310 g/mol. The Labute approximate surface area is 128 Å². The quantitative estimate of drug-likeness (QED) is 0.892. The Morgan fingerprint density at radius 3 is 2.76 bits per heavy atom. The first-order chi connectivity index (χ1) is 9.93. The highest BCUT2D eigenvalue weighted by Gasteiger charge is 2.15. The molecule has 5 nitrogen and oxygen atoms in total. The summed E-state index contributed by atoms with van der Waals surface area (Å²) in [4.78, 5) is 16.4. The fourth-order valence-electron chi connectivity index (χ4n) is 2.27. The van der Waals surface area contributed by atoms with Crippen LogP contribution in [-0.4, -0.2) is 33.2 Å². The van der Waals surface area contributed by atoms with E-state index in [1.54, 1.807) is 12.1 Å². The number of hydrogen-bond acceptors (Lipinski definition) is 3. The zero-order valence-electron chi connectivity index (χ0n) is 12.4. The zero-order valence-corrected chi connectivity index (χ0v) is 13.2. The Bertz CT molecular complexity index is 652. The molecule has 0 aliphatic rings. The second kappa shape index (κ2) is 6.45. The molecule has 2 N–H and O–H groups in total. The van der Waals surface area contributed by atoms with E-state index in [0.717, 1.165) is 5.52 Å². The van der Waals surface area contributed by atoms with Crippen molar-refractivity contribution in [1.82, 2.24) is 14.9 Å². The van der Waals surface area contributed by atoms with Gasteiger partial charge in [-0.2, -0.15) is 0 Å². The van der Waals surface area contributed by atoms with Crippen molar-refractivity contribution in [3.8, 4) is 0 Å². The van der Waals surface area contributed by atoms with Crippen molar-refractivity contribution in [3.63, 3.8) is 0 Å². The molecule has 6 heteroatoms. The van der Waals surface area contributed by atoms with E-state index in [1.807, 2.05) is 31.4 Å². The van der Waals surface area contributed by atoms with E-state index in [4.69, 9.17) is 16.7 Å². The highest BCUT2D eigenvalue weighted by atomic mass is 35.5. The number of imidazole rings is 1. The van der Waals surface area contributed by atoms with Crippen molar-refractivity contribution in [2.24, 2.45) is 0 Å². The summed E-state index contributed by atoms with van der Waals surface area (Å²) in [5.74, 6) is -0.173. The van der Waals surface area contributed by atoms with Gasteiger partial charge in [0.25, 0.3) is 5.91 Å². The van der Waals surface area contributed by atoms with Gasteiger partial charge in [0.1, 0.15) is 0 Å². The van der Waals surface area contributed by atoms with E-state index in [1.165, 1.54) is 0 Å². The Morgan fingerprint density at radius 1 is 1.43 bits per heavy atom. The van der Waals surface area contributed by atoms with E-state index >= 15 is 0 Å². The highest BCUT2D eigenvalue weighted by molar-refractivity contribution is 6.29. The molecule has 1 atom stereocenters. The van der Waals surface area contributed by atoms with Gasteiger partial charge in [-0.1, -0.05) is 0 Å². The minimum absolute atomic E-state index is 0.0505. The summed E-state index contributed by atoms with van der Waals surface area (Å²) < 4.78 is 1.92. The SMILES string of the molecule is CC(CCO)NC(=O)c1ccc2c(c1)nc(Cl)n2C(C)C. The first-order valence-electron chi connectivity index (χ1n) is 7.03. The van der Waals surface area contributed by atoms with Crippen molar-refractivity contribution in [1.29, 1.82) is 0 Å². The first-order valence-corrected chi connectivity index (χ1v) is 7.41. The maximum absolute atomic E-state index is 12.1. The monoisotopic (exact) mass is 309 g/mol. The number of nitrogens with one attached hydrogen (secondary N) is 1. The van der Waals surface area contributed by atoms with Gasteiger partial charge >= 0.3 is 0 Å². The van der Waals surface area contributed by atoms with Gasteiger partial charge in [-0.3, -0.25) is 4.79 Å². The molecule has 0 fully saturated rings. The predicted molar refractivity (Wildman–Crippen MR) is 83.8 cm³/mol. The van der Waals surface area contributed by atoms with Crippen LogP contribution in [0, 0.1) is 0 Å². The van der Waals surface area contributed by atoms with Crippen LogP contribution in [0.5, 0.6) is 0 Å². The molecule has 21 heavy (non-hydrogen) atoms. The van der Waals surface area contributed by atoms with Gasteiger partial charge < -0.3 is 15.0 Å². The number of nitrogens with zero attached hydrogens (tertiary/aromatic N) is 2. The van der Waals surface area contributed by atoms with Gasteiger partial charge in [0.05, 0.1) is 11.0 Å². The average Bonchev–Trinajstić information content (AvgIpc) is 2.73. The van der Waals surface area contributed by atoms with E-state index in [2.05, 4.69) is 10.3 Å². The second-order valence-electron chi connectivity index (χ2n) is 5.43. The van der Waals surface area contributed by atoms with E-state index < -0.39 is 0 Å². The standard InChI is InChI=1S/C15H20ClN3O2/c1-9(2)19-13-5-4-11(8-12(13)18-15(19)16)14(21)17-10(3)6-7-20/h4-5,8-10,20H,6-7H2,1-3H3,(H,17,21). The van der Waals surface area contributed by atoms with Crippen LogP contribution in [0.4, 0.5) is 0 Å². The molecule has 0 saturated carbocycles. The number of hydrogen-bond donors (Lipinski definition) is 2. The second-order valence-corrected chi connectivity index (χ2v) is 5.77. The number of carbonyl (C=O) groups excluding carboxylic acids is 1. The van der Waals surface area contributed by atoms with Gasteiger partial charge in [-0.15, -0.1) is 0 Å². The minimum Gasteiger partial charge on any atom is -0.396 e. The van der Waals surface area contributed by atoms with Crippen LogP contribution < -0.4 is 5.32 Å². The molecule has 1 amide bonds. The van der Waals surface area contributed by atoms with Gasteiger partial charge in [0, 0.05) is 24.3 Å². The van der Waals surface area contributed by atoms with Gasteiger partial charge in [-0.25, -0.2) is 4.98 Å². The molecule has 2 aromatic rings. The van der Waals surface area contributed by atoms with Crippen molar-refractivity contribution in [2.75, 3.05) is 6.61 Å². The van der Waals surface area contributed by atoms with E-state index in [-0.39, 0.29) is 24.6 Å². The fraction of sp³-hybridized carbons (Fsp3) is 0.467. The highest BCUT2D eigenvalue weighted by Crippen LogP contribution is 2.25. The molecule has 0 spiro atoms. The van der Waals surface area contributed by atoms with Crippen molar-refractivity contribution < 1.29 is 9.90 Å². The number of fused-ring (bicyclic) bond motifs is 1. The number of benzene rings is 1. The van der Waals surface area contributed by atoms with Crippen LogP contribution in [0.1, 0.15) is 43.6 Å². The van der Waals surface area contributed by atoms with Gasteiger partial charge in [0.15, 0.2) is 0 Å². The molecule has 114 valence electrons. The Hall–Kier alpha value is -1.59. The van der Waals surface area contributed by atoms with Crippen LogP contribution in [0.2, 0.25) is 5.28 Å². The number of carbonyl (C=O) groups is 1. The Morgan fingerprint density at radius 2 is 2.14 bits per heavy atom. The zero-order chi connectivity index (χ0) is 15.6. The molecule has 0 aliphatic heterocycles. The number of amides is 1. The molecule has 1 unspecified atom stereocenters. The summed E-state index contributed by atoms with van der Waals surface area (Å²) >= 11 is 6.14. The topological polar surface area (TPSA) is 67.2 Å². The van der Waals surface area contributed by atoms with Crippen LogP contribution in [0.15, 0.2) is 18.2 Å². The lowest BCUT2D eigenvalue weighted by Crippen LogP contribution is -2.33. The van der Waals surface area contributed by atoms with Crippen molar-refractivity contribution in [2.45, 2.75) is 39.3 Å². The van der Waals surface area contributed by atoms with Crippen LogP contribution in [-0.2, 0) is 0 Å². The van der Waals surface area contributed by atoms with E-state index in [9.17, 15) is 4.79 Å². The molecule has 1 heterocycles. The lowest BCUT2D eigenvalue weighted by molar-refractivity contribution is 0.0934. The van der Waals surface area contributed by atoms with Crippen LogP contribution in [0.25, 0.3) is 11.0 Å². The maximum atomic E-state index is 12.1. The lowest BCUT2D eigenvalue weighted by atomic mass is 10.1. The maximum Gasteiger partial charge on any atom is 0.251 e. The number of aliphatic hydroxyl groups excluding tert-OH is 1. The number of rotatable bonds is 5. The minimum atomic E-state index is -0.173. The largest absolute Gasteiger partial charge is 0.396 e. The molecule has 1 aromatic carbocycles. The van der Waals surface area contributed by atoms with Crippen LogP contribution >= 0.6 is 11.6 Å². The summed E-state index contributed by atoms with van der Waals surface area (Å²) in [7, 11) is 0. The number of aliphatic hydroxyl groups is 1. The molecule has 0 radical (unpaired) electrons. The first kappa shape index (κ1) is 15.8. The molecule has 0 aliphatic carbocycles. The van der Waals surface area contributed by atoms with Crippen molar-refractivity contribution >= 4 is 28.5 Å². The number of halogens is 1. The molecule has 2 rings (SSSR count). The molecular formula is C15H20ClN3O2. The van der Waals surface area contributed by atoms with Crippen molar-refractivity contribution in [3.05, 3.63) is 29.0 Å². The summed E-state index contributed by atoms with van der Waals surface area (Å²) in [5, 5.41) is 12.1. The predicted octanol–water partition coefficient (Wildman–Crippen LogP) is 2.77. The van der Waals surface area contributed by atoms with E-state index in [0.29, 0.717) is 22.8 Å². The summed E-state index contributed by atoms with van der Waals surface area (Å²) in [6, 6.07) is 5.49. The summed E-state index contributed by atoms with van der Waals surface area (Å²) in [6.45, 7) is 5.97. The lowest BCUT2D eigenvalue weighted by Gasteiger charge is -2.13. The summed E-state index contributed by atoms with van der Waals surface area (Å²) in [5.41, 5.74) is 2.16. The normalized spacial score (nSPS) is 12.9. The fourth-order valence-corrected chi connectivity index (χ4v) is 2.65. The molecule has 0 saturated heterocycles. The molecule has 0 bridgehead atoms. The third-order valence-electron chi connectivity index (χ3n) is 3.36. The molecule has 1 aromatic heterocycles. The van der Waals surface area contributed by atoms with Gasteiger partial charge in [-0.05, 0) is 57.0 Å². The smallest absolute Gasteiger partial charge is 0.251 e. The Balaban J connectivity index is 2.29.